The monoisotopic (exact) mass is 816 g/mol. The van der Waals surface area contributed by atoms with Gasteiger partial charge in [0.2, 0.25) is 0 Å². The number of nitrogens with zero attached hydrogens (tertiary/aromatic N) is 3. The zero-order chi connectivity index (χ0) is 42.1. The summed E-state index contributed by atoms with van der Waals surface area (Å²) in [7, 11) is 0. The molecule has 4 nitrogen and oxygen atoms in total. The molecule has 300 valence electrons. The molecule has 1 N–H and O–H groups in total. The Morgan fingerprint density at radius 3 is 1.53 bits per heavy atom. The molecular weight excluding hydrogens is 777 g/mol. The van der Waals surface area contributed by atoms with Crippen LogP contribution in [0.25, 0.3) is 111 Å². The van der Waals surface area contributed by atoms with E-state index in [2.05, 4.69) is 250 Å². The second-order valence-electron chi connectivity index (χ2n) is 16.6. The number of benzene rings is 9. The first kappa shape index (κ1) is 36.1. The Kier molecular flexibility index (Phi) is 8.18. The standard InChI is InChI=1S/C60H40N4/c1-2-15-35-61-59-50(46-26-8-7-19-40(46)18-4-1)33-34-51-47-27-9-14-32-56(47)64(60(51)59)45-25-17-21-42(37-45)41-20-16-24-44(36-41)63-55-31-13-11-29-49(55)53-38-57-52(39-58(53)63)48-28-10-12-30-54(48)62(57)43-22-5-3-6-23-43/h1-39,61H/b2-1?,18-4?,35-15+. The maximum absolute atomic E-state index is 3.76. The van der Waals surface area contributed by atoms with Gasteiger partial charge in [-0.1, -0.05) is 158 Å². The van der Waals surface area contributed by atoms with Gasteiger partial charge in [-0.3, -0.25) is 0 Å². The highest BCUT2D eigenvalue weighted by Crippen LogP contribution is 2.44. The smallest absolute Gasteiger partial charge is 0.0783 e. The molecule has 13 rings (SSSR count). The fourth-order valence-electron chi connectivity index (χ4n) is 10.3. The van der Waals surface area contributed by atoms with E-state index < -0.39 is 0 Å². The van der Waals surface area contributed by atoms with E-state index in [1.54, 1.807) is 0 Å². The van der Waals surface area contributed by atoms with Crippen LogP contribution >= 0.6 is 0 Å². The van der Waals surface area contributed by atoms with Crippen LogP contribution < -0.4 is 5.32 Å². The number of aromatic nitrogens is 3. The Bertz CT molecular complexity index is 3930. The highest BCUT2D eigenvalue weighted by atomic mass is 15.0. The highest BCUT2D eigenvalue weighted by Gasteiger charge is 2.22. The largest absolute Gasteiger partial charge is 0.359 e. The second-order valence-corrected chi connectivity index (χ2v) is 16.6. The van der Waals surface area contributed by atoms with Gasteiger partial charge in [-0.2, -0.15) is 0 Å². The average molecular weight is 817 g/mol. The summed E-state index contributed by atoms with van der Waals surface area (Å²) < 4.78 is 7.30. The maximum Gasteiger partial charge on any atom is 0.0783 e. The molecule has 4 heteroatoms. The molecular formula is C60H40N4. The zero-order valence-electron chi connectivity index (χ0n) is 34.9. The van der Waals surface area contributed by atoms with Crippen molar-refractivity contribution in [2.24, 2.45) is 0 Å². The fraction of sp³-hybridized carbons (Fsp3) is 0. The van der Waals surface area contributed by atoms with Crippen molar-refractivity contribution in [1.29, 1.82) is 0 Å². The molecule has 3 aromatic heterocycles. The van der Waals surface area contributed by atoms with Gasteiger partial charge in [0.05, 0.1) is 38.8 Å². The normalized spacial score (nSPS) is 13.1. The Labute approximate surface area is 370 Å². The van der Waals surface area contributed by atoms with Gasteiger partial charge in [0.25, 0.3) is 0 Å². The number of hydrogen-bond acceptors (Lipinski definition) is 1. The molecule has 0 spiro atoms. The van der Waals surface area contributed by atoms with Gasteiger partial charge < -0.3 is 19.0 Å². The first-order chi connectivity index (χ1) is 31.8. The van der Waals surface area contributed by atoms with Gasteiger partial charge in [0.15, 0.2) is 0 Å². The molecule has 0 aliphatic carbocycles. The summed E-state index contributed by atoms with van der Waals surface area (Å²) in [6.07, 6.45) is 12.5. The highest BCUT2D eigenvalue weighted by molar-refractivity contribution is 6.19. The molecule has 0 radical (unpaired) electrons. The molecule has 64 heavy (non-hydrogen) atoms. The Hall–Kier alpha value is -8.60. The predicted octanol–water partition coefficient (Wildman–Crippen LogP) is 15.8. The number of allylic oxidation sites excluding steroid dienone is 4. The molecule has 0 unspecified atom stereocenters. The molecule has 0 saturated heterocycles. The molecule has 0 fully saturated rings. The number of hydrogen-bond donors (Lipinski definition) is 1. The third-order valence-electron chi connectivity index (χ3n) is 13.0. The van der Waals surface area contributed by atoms with Crippen molar-refractivity contribution in [2.75, 3.05) is 5.32 Å². The lowest BCUT2D eigenvalue weighted by Gasteiger charge is -2.17. The van der Waals surface area contributed by atoms with Crippen LogP contribution in [0.5, 0.6) is 0 Å². The lowest BCUT2D eigenvalue weighted by atomic mass is 9.96. The molecule has 0 amide bonds. The number of para-hydroxylation sites is 4. The molecule has 12 aromatic rings. The van der Waals surface area contributed by atoms with Crippen molar-refractivity contribution >= 4 is 77.2 Å². The third-order valence-corrected chi connectivity index (χ3v) is 13.0. The Balaban J connectivity index is 1.00. The minimum Gasteiger partial charge on any atom is -0.359 e. The predicted molar refractivity (Wildman–Crippen MR) is 271 cm³/mol. The second kappa shape index (κ2) is 14.5. The number of rotatable bonds is 4. The van der Waals surface area contributed by atoms with Crippen LogP contribution in [0.2, 0.25) is 0 Å². The molecule has 1 aliphatic rings. The van der Waals surface area contributed by atoms with E-state index in [0.29, 0.717) is 0 Å². The lowest BCUT2D eigenvalue weighted by Crippen LogP contribution is -2.00. The number of fused-ring (bicyclic) bond motifs is 13. The minimum absolute atomic E-state index is 1.07. The van der Waals surface area contributed by atoms with Gasteiger partial charge in [-0.05, 0) is 95.1 Å². The molecule has 1 aliphatic heterocycles. The fourth-order valence-corrected chi connectivity index (χ4v) is 10.3. The summed E-state index contributed by atoms with van der Waals surface area (Å²) in [5, 5.41) is 11.1. The van der Waals surface area contributed by atoms with E-state index in [1.165, 1.54) is 65.5 Å². The molecule has 0 saturated carbocycles. The Morgan fingerprint density at radius 2 is 0.844 bits per heavy atom. The first-order valence-electron chi connectivity index (χ1n) is 21.9. The van der Waals surface area contributed by atoms with E-state index in [4.69, 9.17) is 0 Å². The zero-order valence-corrected chi connectivity index (χ0v) is 34.9. The van der Waals surface area contributed by atoms with Crippen molar-refractivity contribution < 1.29 is 0 Å². The molecule has 0 atom stereocenters. The SMILES string of the molecule is C1=C/C=C/Nc2c(ccc3c4ccccc4n(-c4cccc(-c5cccc(-n6c7ccccc7c7cc8c(cc76)c6ccccc6n8-c6ccccc6)c5)c4)c23)-c2ccccc2C=C1. The summed E-state index contributed by atoms with van der Waals surface area (Å²) in [5.41, 5.74) is 17.4. The van der Waals surface area contributed by atoms with Crippen LogP contribution in [0.15, 0.2) is 231 Å². The van der Waals surface area contributed by atoms with Gasteiger partial charge >= 0.3 is 0 Å². The number of nitrogens with one attached hydrogen (secondary N) is 1. The van der Waals surface area contributed by atoms with Gasteiger partial charge in [-0.15, -0.1) is 0 Å². The minimum atomic E-state index is 1.07. The summed E-state index contributed by atoms with van der Waals surface area (Å²) in [6.45, 7) is 0. The van der Waals surface area contributed by atoms with Crippen LogP contribution in [-0.4, -0.2) is 13.7 Å². The van der Waals surface area contributed by atoms with E-state index in [-0.39, 0.29) is 0 Å². The van der Waals surface area contributed by atoms with Crippen LogP contribution in [-0.2, 0) is 0 Å². The van der Waals surface area contributed by atoms with Crippen molar-refractivity contribution in [1.82, 2.24) is 13.7 Å². The lowest BCUT2D eigenvalue weighted by molar-refractivity contribution is 1.17. The van der Waals surface area contributed by atoms with Crippen molar-refractivity contribution in [2.45, 2.75) is 0 Å². The third kappa shape index (κ3) is 5.56. The molecule has 9 aromatic carbocycles. The Morgan fingerprint density at radius 1 is 0.312 bits per heavy atom. The van der Waals surface area contributed by atoms with Crippen molar-refractivity contribution in [3.05, 3.63) is 236 Å². The molecule has 0 bridgehead atoms. The summed E-state index contributed by atoms with van der Waals surface area (Å²) in [6, 6.07) is 73.2. The maximum atomic E-state index is 3.76. The van der Waals surface area contributed by atoms with Crippen LogP contribution in [0, 0.1) is 0 Å². The number of anilines is 1. The summed E-state index contributed by atoms with van der Waals surface area (Å²) in [5.74, 6) is 0. The van der Waals surface area contributed by atoms with Gasteiger partial charge in [0, 0.05) is 61.1 Å². The van der Waals surface area contributed by atoms with Crippen LogP contribution in [0.1, 0.15) is 5.56 Å². The average Bonchev–Trinajstić information content (AvgIpc) is 3.98. The van der Waals surface area contributed by atoms with Gasteiger partial charge in [-0.25, -0.2) is 0 Å². The van der Waals surface area contributed by atoms with E-state index in [9.17, 15) is 0 Å². The van der Waals surface area contributed by atoms with Crippen molar-refractivity contribution in [3.8, 4) is 39.3 Å². The van der Waals surface area contributed by atoms with Gasteiger partial charge in [0.1, 0.15) is 0 Å². The molecule has 4 heterocycles. The van der Waals surface area contributed by atoms with Crippen LogP contribution in [0.4, 0.5) is 5.69 Å². The topological polar surface area (TPSA) is 26.8 Å². The van der Waals surface area contributed by atoms with Crippen molar-refractivity contribution in [3.63, 3.8) is 0 Å². The summed E-state index contributed by atoms with van der Waals surface area (Å²) in [4.78, 5) is 0. The van der Waals surface area contributed by atoms with E-state index >= 15 is 0 Å². The van der Waals surface area contributed by atoms with E-state index in [1.807, 2.05) is 6.20 Å². The van der Waals surface area contributed by atoms with Crippen LogP contribution in [0.3, 0.4) is 0 Å². The first-order valence-corrected chi connectivity index (χ1v) is 21.9. The van der Waals surface area contributed by atoms with E-state index in [0.717, 1.165) is 50.5 Å². The summed E-state index contributed by atoms with van der Waals surface area (Å²) >= 11 is 0. The quantitative estimate of drug-likeness (QED) is 0.188.